The van der Waals surface area contributed by atoms with Crippen LogP contribution in [0.25, 0.3) is 6.08 Å². The summed E-state index contributed by atoms with van der Waals surface area (Å²) in [5, 5.41) is 0.760. The van der Waals surface area contributed by atoms with Crippen LogP contribution in [-0.2, 0) is 14.3 Å². The van der Waals surface area contributed by atoms with E-state index in [1.54, 1.807) is 61.5 Å². The topological polar surface area (TPSA) is 55.8 Å². The molecule has 2 aromatic carbocycles. The van der Waals surface area contributed by atoms with E-state index in [0.29, 0.717) is 33.8 Å². The summed E-state index contributed by atoms with van der Waals surface area (Å²) in [6.45, 7) is 5.68. The van der Waals surface area contributed by atoms with Gasteiger partial charge >= 0.3 is 5.97 Å². The molecule has 154 valence electrons. The zero-order valence-corrected chi connectivity index (χ0v) is 18.0. The van der Waals surface area contributed by atoms with E-state index in [9.17, 15) is 9.59 Å². The fourth-order valence-corrected chi connectivity index (χ4v) is 3.66. The summed E-state index contributed by atoms with van der Waals surface area (Å²) in [7, 11) is 1.27. The van der Waals surface area contributed by atoms with E-state index in [1.807, 2.05) is 0 Å². The standard InChI is InChI=1S/C23H19Cl2NO4/c1-4-9-30-19-7-5-15(6-8-19)10-20-21(23(28)29-3)14(2)26(22(20)27)18-12-16(24)11-17(25)13-18/h4-8,10-13H,1,9H2,2-3H3/b20-10-. The molecule has 0 fully saturated rings. The van der Waals surface area contributed by atoms with Gasteiger partial charge in [0.2, 0.25) is 0 Å². The Morgan fingerprint density at radius 3 is 2.33 bits per heavy atom. The van der Waals surface area contributed by atoms with Gasteiger partial charge in [-0.1, -0.05) is 48.0 Å². The summed E-state index contributed by atoms with van der Waals surface area (Å²) in [6.07, 6.45) is 3.29. The summed E-state index contributed by atoms with van der Waals surface area (Å²) in [6, 6.07) is 11.9. The Kier molecular flexibility index (Phi) is 6.65. The highest BCUT2D eigenvalue weighted by atomic mass is 35.5. The van der Waals surface area contributed by atoms with Crippen molar-refractivity contribution in [3.8, 4) is 5.75 Å². The number of esters is 1. The molecule has 0 atom stereocenters. The molecule has 2 aromatic rings. The quantitative estimate of drug-likeness (QED) is 0.339. The number of rotatable bonds is 6. The number of carbonyl (C=O) groups is 2. The number of halogens is 2. The Morgan fingerprint density at radius 1 is 1.13 bits per heavy atom. The SMILES string of the molecule is C=CCOc1ccc(/C=C2\C(=O)N(c3cc(Cl)cc(Cl)c3)C(C)=C2C(=O)OC)cc1. The predicted molar refractivity (Wildman–Crippen MR) is 119 cm³/mol. The number of benzene rings is 2. The second-order valence-electron chi connectivity index (χ2n) is 6.45. The van der Waals surface area contributed by atoms with Crippen molar-refractivity contribution in [1.29, 1.82) is 0 Å². The fraction of sp³-hybridized carbons (Fsp3) is 0.130. The third-order valence-electron chi connectivity index (χ3n) is 4.45. The Balaban J connectivity index is 2.05. The second-order valence-corrected chi connectivity index (χ2v) is 7.32. The van der Waals surface area contributed by atoms with E-state index < -0.39 is 5.97 Å². The summed E-state index contributed by atoms with van der Waals surface area (Å²) in [5.41, 5.74) is 2.03. The van der Waals surface area contributed by atoms with Crippen molar-refractivity contribution >= 4 is 46.8 Å². The molecule has 1 heterocycles. The lowest BCUT2D eigenvalue weighted by molar-refractivity contribution is -0.136. The molecule has 1 aliphatic rings. The third kappa shape index (κ3) is 4.42. The number of hydrogen-bond donors (Lipinski definition) is 0. The average molecular weight is 444 g/mol. The zero-order chi connectivity index (χ0) is 21.8. The molecule has 0 spiro atoms. The monoisotopic (exact) mass is 443 g/mol. The van der Waals surface area contributed by atoms with Crippen LogP contribution in [0.4, 0.5) is 5.69 Å². The first-order valence-electron chi connectivity index (χ1n) is 9.01. The van der Waals surface area contributed by atoms with Gasteiger partial charge in [-0.25, -0.2) is 4.79 Å². The van der Waals surface area contributed by atoms with Crippen molar-refractivity contribution in [3.63, 3.8) is 0 Å². The van der Waals surface area contributed by atoms with Gasteiger partial charge in [0.25, 0.3) is 5.91 Å². The van der Waals surface area contributed by atoms with Crippen LogP contribution in [0.1, 0.15) is 12.5 Å². The largest absolute Gasteiger partial charge is 0.490 e. The van der Waals surface area contributed by atoms with Crippen LogP contribution >= 0.6 is 23.2 Å². The van der Waals surface area contributed by atoms with Gasteiger partial charge in [-0.15, -0.1) is 0 Å². The predicted octanol–water partition coefficient (Wildman–Crippen LogP) is 5.44. The lowest BCUT2D eigenvalue weighted by Crippen LogP contribution is -2.24. The van der Waals surface area contributed by atoms with Crippen molar-refractivity contribution in [1.82, 2.24) is 0 Å². The van der Waals surface area contributed by atoms with Gasteiger partial charge in [-0.05, 0) is 48.9 Å². The van der Waals surface area contributed by atoms with Crippen LogP contribution in [-0.4, -0.2) is 25.6 Å². The Morgan fingerprint density at radius 2 is 1.77 bits per heavy atom. The van der Waals surface area contributed by atoms with Crippen molar-refractivity contribution in [2.75, 3.05) is 18.6 Å². The van der Waals surface area contributed by atoms with Gasteiger partial charge < -0.3 is 9.47 Å². The first-order chi connectivity index (χ1) is 14.3. The summed E-state index contributed by atoms with van der Waals surface area (Å²) in [5.74, 6) is -0.309. The highest BCUT2D eigenvalue weighted by molar-refractivity contribution is 6.35. The molecule has 0 saturated heterocycles. The average Bonchev–Trinajstić information content (AvgIpc) is 2.95. The van der Waals surface area contributed by atoms with Crippen molar-refractivity contribution in [2.45, 2.75) is 6.92 Å². The molecule has 3 rings (SSSR count). The minimum Gasteiger partial charge on any atom is -0.490 e. The van der Waals surface area contributed by atoms with E-state index in [4.69, 9.17) is 32.7 Å². The lowest BCUT2D eigenvalue weighted by Gasteiger charge is -2.18. The molecule has 0 saturated carbocycles. The number of nitrogens with zero attached hydrogens (tertiary/aromatic N) is 1. The smallest absolute Gasteiger partial charge is 0.340 e. The molecular formula is C23H19Cl2NO4. The molecule has 30 heavy (non-hydrogen) atoms. The van der Waals surface area contributed by atoms with E-state index in [0.717, 1.165) is 5.56 Å². The highest BCUT2D eigenvalue weighted by Crippen LogP contribution is 2.37. The molecule has 0 N–H and O–H groups in total. The number of methoxy groups -OCH3 is 1. The first kappa shape index (κ1) is 21.7. The molecule has 0 bridgehead atoms. The van der Waals surface area contributed by atoms with E-state index in [2.05, 4.69) is 6.58 Å². The number of hydrogen-bond acceptors (Lipinski definition) is 4. The number of carbonyl (C=O) groups excluding carboxylic acids is 2. The maximum absolute atomic E-state index is 13.3. The minimum absolute atomic E-state index is 0.186. The van der Waals surface area contributed by atoms with Crippen LogP contribution in [0.3, 0.4) is 0 Å². The minimum atomic E-state index is -0.603. The molecule has 0 aliphatic carbocycles. The van der Waals surface area contributed by atoms with Crippen LogP contribution in [0.5, 0.6) is 5.75 Å². The normalized spacial score (nSPS) is 15.0. The molecule has 1 amide bonds. The highest BCUT2D eigenvalue weighted by Gasteiger charge is 2.38. The van der Waals surface area contributed by atoms with Crippen molar-refractivity contribution < 1.29 is 19.1 Å². The van der Waals surface area contributed by atoms with Crippen LogP contribution < -0.4 is 9.64 Å². The molecule has 0 radical (unpaired) electrons. The van der Waals surface area contributed by atoms with Gasteiger partial charge in [0, 0.05) is 15.7 Å². The van der Waals surface area contributed by atoms with Crippen LogP contribution in [0.2, 0.25) is 10.0 Å². The van der Waals surface area contributed by atoms with Gasteiger partial charge in [0.1, 0.15) is 12.4 Å². The molecular weight excluding hydrogens is 425 g/mol. The fourth-order valence-electron chi connectivity index (χ4n) is 3.14. The van der Waals surface area contributed by atoms with Crippen LogP contribution in [0, 0.1) is 0 Å². The Labute approximate surface area is 184 Å². The number of amides is 1. The maximum Gasteiger partial charge on any atom is 0.340 e. The van der Waals surface area contributed by atoms with E-state index >= 15 is 0 Å². The zero-order valence-electron chi connectivity index (χ0n) is 16.4. The summed E-state index contributed by atoms with van der Waals surface area (Å²) >= 11 is 12.2. The third-order valence-corrected chi connectivity index (χ3v) is 4.89. The summed E-state index contributed by atoms with van der Waals surface area (Å²) < 4.78 is 10.4. The maximum atomic E-state index is 13.3. The molecule has 5 nitrogen and oxygen atoms in total. The van der Waals surface area contributed by atoms with Gasteiger partial charge in [-0.3, -0.25) is 9.69 Å². The molecule has 7 heteroatoms. The molecule has 1 aliphatic heterocycles. The second kappa shape index (κ2) is 9.20. The van der Waals surface area contributed by atoms with E-state index in [1.165, 1.54) is 12.0 Å². The number of anilines is 1. The van der Waals surface area contributed by atoms with Crippen LogP contribution in [0.15, 0.2) is 72.0 Å². The first-order valence-corrected chi connectivity index (χ1v) is 9.77. The lowest BCUT2D eigenvalue weighted by atomic mass is 10.0. The van der Waals surface area contributed by atoms with Gasteiger partial charge in [0.15, 0.2) is 0 Å². The summed E-state index contributed by atoms with van der Waals surface area (Å²) in [4.78, 5) is 27.1. The molecule has 0 aromatic heterocycles. The van der Waals surface area contributed by atoms with Crippen molar-refractivity contribution in [3.05, 3.63) is 87.6 Å². The van der Waals surface area contributed by atoms with Gasteiger partial charge in [0.05, 0.1) is 23.9 Å². The van der Waals surface area contributed by atoms with E-state index in [-0.39, 0.29) is 17.1 Å². The Hall–Kier alpha value is -3.02. The van der Waals surface area contributed by atoms with Gasteiger partial charge in [-0.2, -0.15) is 0 Å². The molecule has 0 unspecified atom stereocenters. The Bertz CT molecular complexity index is 1050. The number of ether oxygens (including phenoxy) is 2. The van der Waals surface area contributed by atoms with Crippen molar-refractivity contribution in [2.24, 2.45) is 0 Å². The number of allylic oxidation sites excluding steroid dienone is 1.